The van der Waals surface area contributed by atoms with Gasteiger partial charge in [0.05, 0.1) is 31.1 Å². The summed E-state index contributed by atoms with van der Waals surface area (Å²) in [6, 6.07) is 1.97. The van der Waals surface area contributed by atoms with Gasteiger partial charge in [0.25, 0.3) is 0 Å². The van der Waals surface area contributed by atoms with Crippen molar-refractivity contribution in [3.8, 4) is 0 Å². The van der Waals surface area contributed by atoms with Crippen molar-refractivity contribution in [3.63, 3.8) is 0 Å². The van der Waals surface area contributed by atoms with Gasteiger partial charge in [-0.15, -0.1) is 0 Å². The largest absolute Gasteiger partial charge is 0.472 e. The van der Waals surface area contributed by atoms with Crippen molar-refractivity contribution in [1.82, 2.24) is 9.55 Å². The average molecular weight is 176 g/mol. The van der Waals surface area contributed by atoms with E-state index in [1.165, 1.54) is 11.3 Å². The number of hydrogen-bond donors (Lipinski definition) is 0. The van der Waals surface area contributed by atoms with Crippen molar-refractivity contribution in [1.29, 1.82) is 0 Å². The van der Waals surface area contributed by atoms with E-state index >= 15 is 0 Å². The van der Waals surface area contributed by atoms with Gasteiger partial charge < -0.3 is 8.98 Å². The molecule has 0 N–H and O–H groups in total. The van der Waals surface area contributed by atoms with Crippen LogP contribution in [0.2, 0.25) is 0 Å². The van der Waals surface area contributed by atoms with Crippen LogP contribution in [0.15, 0.2) is 29.3 Å². The predicted octanol–water partition coefficient (Wildman–Crippen LogP) is 2.14. The van der Waals surface area contributed by atoms with Gasteiger partial charge in [0.2, 0.25) is 0 Å². The number of nitrogens with zero attached hydrogens (tertiary/aromatic N) is 2. The summed E-state index contributed by atoms with van der Waals surface area (Å²) < 4.78 is 7.11. The van der Waals surface area contributed by atoms with Gasteiger partial charge in [-0.05, 0) is 19.9 Å². The zero-order valence-corrected chi connectivity index (χ0v) is 7.82. The normalized spacial score (nSPS) is 10.6. The highest BCUT2D eigenvalue weighted by molar-refractivity contribution is 5.13. The molecule has 0 bridgehead atoms. The Kier molecular flexibility index (Phi) is 1.93. The maximum Gasteiger partial charge on any atom is 0.0954 e. The molecule has 2 aromatic heterocycles. The van der Waals surface area contributed by atoms with Crippen LogP contribution in [0.4, 0.5) is 0 Å². The number of aryl methyl sites for hydroxylation is 1. The lowest BCUT2D eigenvalue weighted by Crippen LogP contribution is -1.99. The summed E-state index contributed by atoms with van der Waals surface area (Å²) >= 11 is 0. The monoisotopic (exact) mass is 176 g/mol. The molecular weight excluding hydrogens is 164 g/mol. The molecule has 0 saturated carbocycles. The molecule has 0 aromatic carbocycles. The summed E-state index contributed by atoms with van der Waals surface area (Å²) in [4.78, 5) is 4.23. The number of furan rings is 1. The van der Waals surface area contributed by atoms with Gasteiger partial charge in [0.15, 0.2) is 0 Å². The lowest BCUT2D eigenvalue weighted by atomic mass is 10.3. The zero-order chi connectivity index (χ0) is 9.26. The number of hydrogen-bond acceptors (Lipinski definition) is 2. The standard InChI is InChI=1S/C10H12N2O/c1-8-9(2)12(7-11-8)5-10-3-4-13-6-10/h3-4,6-7H,5H2,1-2H3. The molecule has 68 valence electrons. The first-order chi connectivity index (χ1) is 6.27. The van der Waals surface area contributed by atoms with Crippen LogP contribution in [-0.4, -0.2) is 9.55 Å². The molecule has 0 aliphatic heterocycles. The fraction of sp³-hybridized carbons (Fsp3) is 0.300. The fourth-order valence-electron chi connectivity index (χ4n) is 1.28. The van der Waals surface area contributed by atoms with Crippen LogP contribution in [0.3, 0.4) is 0 Å². The summed E-state index contributed by atoms with van der Waals surface area (Å²) in [5.74, 6) is 0. The molecule has 0 atom stereocenters. The first-order valence-corrected chi connectivity index (χ1v) is 4.27. The lowest BCUT2D eigenvalue weighted by molar-refractivity contribution is 0.562. The van der Waals surface area contributed by atoms with E-state index in [1.54, 1.807) is 12.5 Å². The molecule has 13 heavy (non-hydrogen) atoms. The van der Waals surface area contributed by atoms with E-state index in [9.17, 15) is 0 Å². The molecule has 3 heteroatoms. The molecule has 2 rings (SSSR count). The Bertz CT molecular complexity index is 387. The molecular formula is C10H12N2O. The Labute approximate surface area is 77.0 Å². The number of rotatable bonds is 2. The SMILES string of the molecule is Cc1ncn(Cc2ccoc2)c1C. The Morgan fingerprint density at radius 2 is 2.31 bits per heavy atom. The fourth-order valence-corrected chi connectivity index (χ4v) is 1.28. The van der Waals surface area contributed by atoms with E-state index in [-0.39, 0.29) is 0 Å². The quantitative estimate of drug-likeness (QED) is 0.702. The van der Waals surface area contributed by atoms with E-state index in [1.807, 2.05) is 19.3 Å². The highest BCUT2D eigenvalue weighted by Gasteiger charge is 2.02. The van der Waals surface area contributed by atoms with Crippen molar-refractivity contribution in [2.24, 2.45) is 0 Å². The smallest absolute Gasteiger partial charge is 0.0954 e. The summed E-state index contributed by atoms with van der Waals surface area (Å²) in [5.41, 5.74) is 3.46. The molecule has 0 unspecified atom stereocenters. The maximum absolute atomic E-state index is 5.00. The molecule has 0 amide bonds. The molecule has 0 spiro atoms. The van der Waals surface area contributed by atoms with Gasteiger partial charge in [0, 0.05) is 11.3 Å². The van der Waals surface area contributed by atoms with Crippen LogP contribution in [0, 0.1) is 13.8 Å². The van der Waals surface area contributed by atoms with E-state index < -0.39 is 0 Å². The van der Waals surface area contributed by atoms with Gasteiger partial charge in [-0.1, -0.05) is 0 Å². The molecule has 0 saturated heterocycles. The van der Waals surface area contributed by atoms with Gasteiger partial charge in [-0.25, -0.2) is 4.98 Å². The molecule has 0 aliphatic carbocycles. The summed E-state index contributed by atoms with van der Waals surface area (Å²) in [6.45, 7) is 4.92. The average Bonchev–Trinajstić information content (AvgIpc) is 2.71. The zero-order valence-electron chi connectivity index (χ0n) is 7.82. The Balaban J connectivity index is 2.24. The molecule has 0 fully saturated rings. The molecule has 2 heterocycles. The van der Waals surface area contributed by atoms with Gasteiger partial charge in [-0.3, -0.25) is 0 Å². The highest BCUT2D eigenvalue weighted by Crippen LogP contribution is 2.08. The second-order valence-electron chi connectivity index (χ2n) is 3.17. The number of aromatic nitrogens is 2. The third-order valence-electron chi connectivity index (χ3n) is 2.28. The predicted molar refractivity (Wildman–Crippen MR) is 49.5 cm³/mol. The highest BCUT2D eigenvalue weighted by atomic mass is 16.3. The van der Waals surface area contributed by atoms with Crippen LogP contribution in [0.25, 0.3) is 0 Å². The van der Waals surface area contributed by atoms with E-state index in [4.69, 9.17) is 4.42 Å². The van der Waals surface area contributed by atoms with E-state index in [2.05, 4.69) is 16.5 Å². The van der Waals surface area contributed by atoms with Crippen molar-refractivity contribution < 1.29 is 4.42 Å². The minimum Gasteiger partial charge on any atom is -0.472 e. The molecule has 2 aromatic rings. The Morgan fingerprint density at radius 3 is 2.85 bits per heavy atom. The maximum atomic E-state index is 5.00. The van der Waals surface area contributed by atoms with Crippen LogP contribution in [0.5, 0.6) is 0 Å². The minimum absolute atomic E-state index is 0.836. The first-order valence-electron chi connectivity index (χ1n) is 4.27. The third kappa shape index (κ3) is 1.49. The molecule has 0 aliphatic rings. The molecule has 0 radical (unpaired) electrons. The van der Waals surface area contributed by atoms with Crippen molar-refractivity contribution in [2.45, 2.75) is 20.4 Å². The summed E-state index contributed by atoms with van der Waals surface area (Å²) in [5, 5.41) is 0. The minimum atomic E-state index is 0.836. The topological polar surface area (TPSA) is 31.0 Å². The van der Waals surface area contributed by atoms with Gasteiger partial charge >= 0.3 is 0 Å². The second kappa shape index (κ2) is 3.09. The van der Waals surface area contributed by atoms with Crippen LogP contribution < -0.4 is 0 Å². The first kappa shape index (κ1) is 8.10. The van der Waals surface area contributed by atoms with Gasteiger partial charge in [0.1, 0.15) is 0 Å². The second-order valence-corrected chi connectivity index (χ2v) is 3.17. The Hall–Kier alpha value is -1.51. The van der Waals surface area contributed by atoms with Gasteiger partial charge in [-0.2, -0.15) is 0 Å². The summed E-state index contributed by atoms with van der Waals surface area (Å²) in [7, 11) is 0. The van der Waals surface area contributed by atoms with Crippen LogP contribution in [0.1, 0.15) is 17.0 Å². The van der Waals surface area contributed by atoms with E-state index in [0.717, 1.165) is 12.2 Å². The molecule has 3 nitrogen and oxygen atoms in total. The Morgan fingerprint density at radius 1 is 1.46 bits per heavy atom. The third-order valence-corrected chi connectivity index (χ3v) is 2.28. The van der Waals surface area contributed by atoms with Crippen molar-refractivity contribution in [2.75, 3.05) is 0 Å². The number of imidazole rings is 1. The lowest BCUT2D eigenvalue weighted by Gasteiger charge is -2.01. The van der Waals surface area contributed by atoms with Crippen LogP contribution in [-0.2, 0) is 6.54 Å². The van der Waals surface area contributed by atoms with E-state index in [0.29, 0.717) is 0 Å². The van der Waals surface area contributed by atoms with Crippen molar-refractivity contribution in [3.05, 3.63) is 41.9 Å². The van der Waals surface area contributed by atoms with Crippen molar-refractivity contribution >= 4 is 0 Å². The van der Waals surface area contributed by atoms with Crippen LogP contribution >= 0.6 is 0 Å². The summed E-state index contributed by atoms with van der Waals surface area (Å²) in [6.07, 6.45) is 5.31.